The molecule has 3 rings (SSSR count). The first-order valence-corrected chi connectivity index (χ1v) is 6.96. The number of carboxylic acids is 1. The van der Waals surface area contributed by atoms with Crippen LogP contribution in [0.5, 0.6) is 0 Å². The Bertz CT molecular complexity index is 860. The van der Waals surface area contributed by atoms with Gasteiger partial charge in [0.1, 0.15) is 5.76 Å². The average Bonchev–Trinajstić information content (AvgIpc) is 3.05. The lowest BCUT2D eigenvalue weighted by molar-refractivity contribution is -0.137. The van der Waals surface area contributed by atoms with Gasteiger partial charge in [0.05, 0.1) is 5.56 Å². The average molecular weight is 332 g/mol. The molecule has 0 aliphatic heterocycles. The molecule has 0 bridgehead atoms. The number of rotatable bonds is 3. The molecule has 2 aromatic carbocycles. The number of carboxylic acid groups (broad SMARTS) is 1. The van der Waals surface area contributed by atoms with Crippen molar-refractivity contribution in [2.75, 3.05) is 0 Å². The van der Waals surface area contributed by atoms with Crippen LogP contribution in [0, 0.1) is 0 Å². The summed E-state index contributed by atoms with van der Waals surface area (Å²) >= 11 is 0. The molecule has 3 nitrogen and oxygen atoms in total. The maximum absolute atomic E-state index is 12.6. The largest absolute Gasteiger partial charge is 0.475 e. The molecule has 0 fully saturated rings. The van der Waals surface area contributed by atoms with Gasteiger partial charge in [-0.2, -0.15) is 13.2 Å². The number of halogens is 3. The van der Waals surface area contributed by atoms with Crippen LogP contribution in [0.1, 0.15) is 16.1 Å². The van der Waals surface area contributed by atoms with Crippen molar-refractivity contribution < 1.29 is 27.5 Å². The Hall–Kier alpha value is -3.02. The molecule has 1 aromatic heterocycles. The van der Waals surface area contributed by atoms with Gasteiger partial charge >= 0.3 is 12.1 Å². The van der Waals surface area contributed by atoms with Crippen LogP contribution in [0.3, 0.4) is 0 Å². The fourth-order valence-corrected chi connectivity index (χ4v) is 2.29. The fraction of sp³-hybridized carbons (Fsp3) is 0.0556. The Labute approximate surface area is 135 Å². The third kappa shape index (κ3) is 3.17. The first-order valence-electron chi connectivity index (χ1n) is 6.96. The summed E-state index contributed by atoms with van der Waals surface area (Å²) in [5, 5.41) is 8.84. The predicted molar refractivity (Wildman–Crippen MR) is 81.5 cm³/mol. The van der Waals surface area contributed by atoms with Crippen molar-refractivity contribution in [1.29, 1.82) is 0 Å². The van der Waals surface area contributed by atoms with E-state index in [1.807, 2.05) is 0 Å². The Morgan fingerprint density at radius 1 is 0.792 bits per heavy atom. The summed E-state index contributed by atoms with van der Waals surface area (Å²) in [4.78, 5) is 10.8. The summed E-state index contributed by atoms with van der Waals surface area (Å²) in [6.45, 7) is 0. The van der Waals surface area contributed by atoms with Crippen molar-refractivity contribution in [3.8, 4) is 22.5 Å². The summed E-state index contributed by atoms with van der Waals surface area (Å²) in [6.07, 6.45) is -4.36. The Kier molecular flexibility index (Phi) is 3.89. The normalized spacial score (nSPS) is 11.5. The molecule has 122 valence electrons. The molecule has 0 aliphatic carbocycles. The van der Waals surface area contributed by atoms with Crippen molar-refractivity contribution in [2.24, 2.45) is 0 Å². The molecule has 0 saturated heterocycles. The molecule has 0 unspecified atom stereocenters. The molecule has 0 aliphatic rings. The van der Waals surface area contributed by atoms with Crippen LogP contribution in [-0.2, 0) is 6.18 Å². The fourth-order valence-electron chi connectivity index (χ4n) is 2.29. The molecule has 0 atom stereocenters. The van der Waals surface area contributed by atoms with E-state index in [4.69, 9.17) is 9.52 Å². The number of hydrogen-bond acceptors (Lipinski definition) is 2. The standard InChI is InChI=1S/C18H11F3O3/c19-18(20,21)14-7-5-12(6-8-14)11-1-3-13(4-2-11)15-9-10-16(24-15)17(22)23/h1-10H,(H,22,23). The maximum Gasteiger partial charge on any atom is 0.416 e. The van der Waals surface area contributed by atoms with E-state index < -0.39 is 17.7 Å². The molecule has 1 heterocycles. The molecular formula is C18H11F3O3. The van der Waals surface area contributed by atoms with Crippen molar-refractivity contribution in [1.82, 2.24) is 0 Å². The number of carbonyl (C=O) groups is 1. The first-order chi connectivity index (χ1) is 11.3. The Morgan fingerprint density at radius 3 is 1.75 bits per heavy atom. The van der Waals surface area contributed by atoms with Crippen LogP contribution in [0.25, 0.3) is 22.5 Å². The third-order valence-electron chi connectivity index (χ3n) is 3.53. The van der Waals surface area contributed by atoms with Crippen molar-refractivity contribution >= 4 is 5.97 Å². The van der Waals surface area contributed by atoms with Gasteiger partial charge in [0.15, 0.2) is 0 Å². The van der Waals surface area contributed by atoms with E-state index in [9.17, 15) is 18.0 Å². The van der Waals surface area contributed by atoms with E-state index in [0.29, 0.717) is 16.9 Å². The maximum atomic E-state index is 12.6. The minimum atomic E-state index is -4.36. The smallest absolute Gasteiger partial charge is 0.416 e. The van der Waals surface area contributed by atoms with Gasteiger partial charge in [0, 0.05) is 5.56 Å². The number of hydrogen-bond donors (Lipinski definition) is 1. The van der Waals surface area contributed by atoms with E-state index in [1.165, 1.54) is 18.2 Å². The van der Waals surface area contributed by atoms with E-state index in [2.05, 4.69) is 0 Å². The highest BCUT2D eigenvalue weighted by molar-refractivity contribution is 5.85. The van der Waals surface area contributed by atoms with E-state index >= 15 is 0 Å². The van der Waals surface area contributed by atoms with Gasteiger partial charge in [-0.3, -0.25) is 0 Å². The molecule has 6 heteroatoms. The molecule has 0 radical (unpaired) electrons. The van der Waals surface area contributed by atoms with Gasteiger partial charge in [0.25, 0.3) is 0 Å². The van der Waals surface area contributed by atoms with Crippen LogP contribution in [-0.4, -0.2) is 11.1 Å². The second-order valence-corrected chi connectivity index (χ2v) is 5.12. The van der Waals surface area contributed by atoms with Crippen molar-refractivity contribution in [2.45, 2.75) is 6.18 Å². The van der Waals surface area contributed by atoms with Gasteiger partial charge in [0.2, 0.25) is 5.76 Å². The zero-order valence-electron chi connectivity index (χ0n) is 12.2. The van der Waals surface area contributed by atoms with Gasteiger partial charge in [-0.1, -0.05) is 36.4 Å². The predicted octanol–water partition coefficient (Wildman–Crippen LogP) is 5.33. The molecule has 0 saturated carbocycles. The molecule has 0 amide bonds. The van der Waals surface area contributed by atoms with E-state index in [1.54, 1.807) is 30.3 Å². The number of furan rings is 1. The highest BCUT2D eigenvalue weighted by atomic mass is 19.4. The van der Waals surface area contributed by atoms with Gasteiger partial charge in [-0.15, -0.1) is 0 Å². The second-order valence-electron chi connectivity index (χ2n) is 5.12. The highest BCUT2D eigenvalue weighted by Crippen LogP contribution is 2.31. The number of aromatic carboxylic acids is 1. The quantitative estimate of drug-likeness (QED) is 0.705. The lowest BCUT2D eigenvalue weighted by Gasteiger charge is -2.08. The number of alkyl halides is 3. The summed E-state index contributed by atoms with van der Waals surface area (Å²) < 4.78 is 42.9. The highest BCUT2D eigenvalue weighted by Gasteiger charge is 2.29. The Balaban J connectivity index is 1.85. The SMILES string of the molecule is O=C(O)c1ccc(-c2ccc(-c3ccc(C(F)(F)F)cc3)cc2)o1. The summed E-state index contributed by atoms with van der Waals surface area (Å²) in [5.41, 5.74) is 1.38. The zero-order valence-corrected chi connectivity index (χ0v) is 12.2. The van der Waals surface area contributed by atoms with Gasteiger partial charge < -0.3 is 9.52 Å². The van der Waals surface area contributed by atoms with Crippen LogP contribution >= 0.6 is 0 Å². The third-order valence-corrected chi connectivity index (χ3v) is 3.53. The lowest BCUT2D eigenvalue weighted by atomic mass is 10.0. The van der Waals surface area contributed by atoms with E-state index in [-0.39, 0.29) is 5.76 Å². The summed E-state index contributed by atoms with van der Waals surface area (Å²) in [5.74, 6) is -0.897. The monoisotopic (exact) mass is 332 g/mol. The molecule has 3 aromatic rings. The summed E-state index contributed by atoms with van der Waals surface area (Å²) in [6, 6.07) is 14.7. The minimum Gasteiger partial charge on any atom is -0.475 e. The van der Waals surface area contributed by atoms with Crippen molar-refractivity contribution in [3.63, 3.8) is 0 Å². The lowest BCUT2D eigenvalue weighted by Crippen LogP contribution is -2.03. The Morgan fingerprint density at radius 2 is 1.29 bits per heavy atom. The molecule has 1 N–H and O–H groups in total. The minimum absolute atomic E-state index is 0.156. The topological polar surface area (TPSA) is 50.4 Å². The van der Waals surface area contributed by atoms with Gasteiger partial charge in [-0.05, 0) is 35.4 Å². The molecule has 24 heavy (non-hydrogen) atoms. The van der Waals surface area contributed by atoms with Crippen LogP contribution in [0.2, 0.25) is 0 Å². The van der Waals surface area contributed by atoms with Crippen LogP contribution in [0.15, 0.2) is 65.1 Å². The molecular weight excluding hydrogens is 321 g/mol. The molecule has 0 spiro atoms. The van der Waals surface area contributed by atoms with Crippen LogP contribution in [0.4, 0.5) is 13.2 Å². The number of benzene rings is 2. The van der Waals surface area contributed by atoms with E-state index in [0.717, 1.165) is 17.7 Å². The van der Waals surface area contributed by atoms with Crippen LogP contribution < -0.4 is 0 Å². The second kappa shape index (κ2) is 5.88. The summed E-state index contributed by atoms with van der Waals surface area (Å²) in [7, 11) is 0. The first kappa shape index (κ1) is 15.9. The van der Waals surface area contributed by atoms with Crippen molar-refractivity contribution in [3.05, 3.63) is 72.0 Å². The van der Waals surface area contributed by atoms with Gasteiger partial charge in [-0.25, -0.2) is 4.79 Å². The zero-order chi connectivity index (χ0) is 17.3.